The van der Waals surface area contributed by atoms with E-state index in [4.69, 9.17) is 5.73 Å². The van der Waals surface area contributed by atoms with Gasteiger partial charge in [-0.3, -0.25) is 4.79 Å². The number of nitrogens with zero attached hydrogens (tertiary/aromatic N) is 1. The minimum atomic E-state index is -0.556. The maximum Gasteiger partial charge on any atom is 0.237 e. The molecule has 3 N–H and O–H groups in total. The maximum atomic E-state index is 11.7. The summed E-state index contributed by atoms with van der Waals surface area (Å²) >= 11 is 0. The molecule has 2 aromatic rings. The van der Waals surface area contributed by atoms with Gasteiger partial charge in [0.15, 0.2) is 0 Å². The minimum absolute atomic E-state index is 0.193. The van der Waals surface area contributed by atoms with Gasteiger partial charge in [0.25, 0.3) is 0 Å². The van der Waals surface area contributed by atoms with Crippen molar-refractivity contribution in [2.24, 2.45) is 5.73 Å². The average molecular weight is 245 g/mol. The molecule has 0 spiro atoms. The van der Waals surface area contributed by atoms with E-state index in [9.17, 15) is 4.79 Å². The summed E-state index contributed by atoms with van der Waals surface area (Å²) in [6.45, 7) is 0.331. The maximum absolute atomic E-state index is 11.7. The molecule has 0 aliphatic heterocycles. The van der Waals surface area contributed by atoms with Crippen molar-refractivity contribution in [3.63, 3.8) is 0 Å². The zero-order chi connectivity index (χ0) is 12.8. The van der Waals surface area contributed by atoms with Crippen LogP contribution < -0.4 is 11.1 Å². The average Bonchev–Trinajstić information content (AvgIpc) is 2.90. The van der Waals surface area contributed by atoms with Crippen molar-refractivity contribution in [2.45, 2.75) is 19.0 Å². The van der Waals surface area contributed by atoms with Gasteiger partial charge < -0.3 is 15.6 Å². The minimum Gasteiger partial charge on any atom is -0.364 e. The van der Waals surface area contributed by atoms with E-state index in [1.165, 1.54) is 6.26 Å². The molecular formula is C13H15N3O2. The molecule has 18 heavy (non-hydrogen) atoms. The SMILES string of the molecule is N[C@H](Cc1ccccc1)C(=O)NCc1ccon1. The summed E-state index contributed by atoms with van der Waals surface area (Å²) in [6.07, 6.45) is 1.98. The van der Waals surface area contributed by atoms with Gasteiger partial charge >= 0.3 is 0 Å². The standard InChI is InChI=1S/C13H15N3O2/c14-12(8-10-4-2-1-3-5-10)13(17)15-9-11-6-7-18-16-11/h1-7,12H,8-9,14H2,(H,15,17)/t12-/m1/s1. The molecule has 94 valence electrons. The molecule has 1 amide bonds. The van der Waals surface area contributed by atoms with Gasteiger partial charge in [0.1, 0.15) is 12.0 Å². The lowest BCUT2D eigenvalue weighted by Gasteiger charge is -2.11. The summed E-state index contributed by atoms with van der Waals surface area (Å²) in [5, 5.41) is 6.42. The highest BCUT2D eigenvalue weighted by atomic mass is 16.5. The smallest absolute Gasteiger partial charge is 0.237 e. The lowest BCUT2D eigenvalue weighted by atomic mass is 10.1. The third-order valence-corrected chi connectivity index (χ3v) is 2.57. The largest absolute Gasteiger partial charge is 0.364 e. The molecule has 0 saturated heterocycles. The van der Waals surface area contributed by atoms with E-state index in [1.807, 2.05) is 30.3 Å². The van der Waals surface area contributed by atoms with E-state index in [0.29, 0.717) is 18.7 Å². The Kier molecular flexibility index (Phi) is 4.09. The van der Waals surface area contributed by atoms with Crippen LogP contribution in [0.4, 0.5) is 0 Å². The first-order valence-electron chi connectivity index (χ1n) is 5.72. The van der Waals surface area contributed by atoms with Crippen LogP contribution in [0.5, 0.6) is 0 Å². The van der Waals surface area contributed by atoms with Crippen molar-refractivity contribution in [3.8, 4) is 0 Å². The number of hydrogen-bond donors (Lipinski definition) is 2. The van der Waals surface area contributed by atoms with E-state index >= 15 is 0 Å². The molecule has 1 atom stereocenters. The summed E-state index contributed by atoms with van der Waals surface area (Å²) in [5.74, 6) is -0.193. The van der Waals surface area contributed by atoms with Gasteiger partial charge in [-0.05, 0) is 12.0 Å². The van der Waals surface area contributed by atoms with Crippen LogP contribution >= 0.6 is 0 Å². The van der Waals surface area contributed by atoms with Crippen molar-refractivity contribution in [1.82, 2.24) is 10.5 Å². The fraction of sp³-hybridized carbons (Fsp3) is 0.231. The Hall–Kier alpha value is -2.14. The molecule has 0 saturated carbocycles. The Balaban J connectivity index is 1.82. The first-order chi connectivity index (χ1) is 8.75. The third kappa shape index (κ3) is 3.43. The summed E-state index contributed by atoms with van der Waals surface area (Å²) in [6, 6.07) is 10.8. The van der Waals surface area contributed by atoms with E-state index in [2.05, 4.69) is 15.0 Å². The number of hydrogen-bond acceptors (Lipinski definition) is 4. The van der Waals surface area contributed by atoms with Crippen molar-refractivity contribution >= 4 is 5.91 Å². The topological polar surface area (TPSA) is 81.2 Å². The Morgan fingerprint density at radius 2 is 2.11 bits per heavy atom. The zero-order valence-electron chi connectivity index (χ0n) is 9.87. The molecule has 0 fully saturated rings. The third-order valence-electron chi connectivity index (χ3n) is 2.57. The number of rotatable bonds is 5. The van der Waals surface area contributed by atoms with Crippen molar-refractivity contribution in [2.75, 3.05) is 0 Å². The summed E-state index contributed by atoms with van der Waals surface area (Å²) in [5.41, 5.74) is 7.55. The normalized spacial score (nSPS) is 12.1. The molecule has 5 heteroatoms. The molecule has 1 heterocycles. The van der Waals surface area contributed by atoms with E-state index < -0.39 is 6.04 Å². The van der Waals surface area contributed by atoms with Crippen LogP contribution in [-0.2, 0) is 17.8 Å². The van der Waals surface area contributed by atoms with Crippen LogP contribution in [0.1, 0.15) is 11.3 Å². The summed E-state index contributed by atoms with van der Waals surface area (Å²) in [7, 11) is 0. The fourth-order valence-electron chi connectivity index (χ4n) is 1.60. The number of aromatic nitrogens is 1. The second kappa shape index (κ2) is 5.97. The lowest BCUT2D eigenvalue weighted by molar-refractivity contribution is -0.122. The number of carbonyl (C=O) groups is 1. The number of nitrogens with one attached hydrogen (secondary N) is 1. The molecule has 0 aliphatic carbocycles. The molecule has 0 radical (unpaired) electrons. The Morgan fingerprint density at radius 1 is 1.33 bits per heavy atom. The van der Waals surface area contributed by atoms with Crippen LogP contribution in [0.3, 0.4) is 0 Å². The van der Waals surface area contributed by atoms with Crippen LogP contribution in [0.2, 0.25) is 0 Å². The highest BCUT2D eigenvalue weighted by Gasteiger charge is 2.13. The van der Waals surface area contributed by atoms with E-state index in [0.717, 1.165) is 5.56 Å². The Bertz CT molecular complexity index is 482. The van der Waals surface area contributed by atoms with Crippen molar-refractivity contribution in [3.05, 3.63) is 53.9 Å². The van der Waals surface area contributed by atoms with Gasteiger partial charge in [0.2, 0.25) is 5.91 Å². The molecule has 0 bridgehead atoms. The quantitative estimate of drug-likeness (QED) is 0.818. The fourth-order valence-corrected chi connectivity index (χ4v) is 1.60. The van der Waals surface area contributed by atoms with Crippen molar-refractivity contribution < 1.29 is 9.32 Å². The summed E-state index contributed by atoms with van der Waals surface area (Å²) in [4.78, 5) is 11.7. The molecule has 2 rings (SSSR count). The Morgan fingerprint density at radius 3 is 2.78 bits per heavy atom. The van der Waals surface area contributed by atoms with Crippen LogP contribution in [0, 0.1) is 0 Å². The number of amides is 1. The van der Waals surface area contributed by atoms with Crippen LogP contribution in [-0.4, -0.2) is 17.1 Å². The molecule has 1 aromatic carbocycles. The first-order valence-corrected chi connectivity index (χ1v) is 5.72. The molecule has 5 nitrogen and oxygen atoms in total. The van der Waals surface area contributed by atoms with Crippen LogP contribution in [0.25, 0.3) is 0 Å². The molecule has 0 unspecified atom stereocenters. The Labute approximate surface area is 105 Å². The second-order valence-corrected chi connectivity index (χ2v) is 4.00. The number of nitrogens with two attached hydrogens (primary N) is 1. The second-order valence-electron chi connectivity index (χ2n) is 4.00. The predicted molar refractivity (Wildman–Crippen MR) is 66.5 cm³/mol. The van der Waals surface area contributed by atoms with Gasteiger partial charge in [-0.15, -0.1) is 0 Å². The van der Waals surface area contributed by atoms with Gasteiger partial charge in [-0.1, -0.05) is 35.5 Å². The van der Waals surface area contributed by atoms with Crippen molar-refractivity contribution in [1.29, 1.82) is 0 Å². The molecule has 0 aliphatic rings. The first kappa shape index (κ1) is 12.3. The lowest BCUT2D eigenvalue weighted by Crippen LogP contribution is -2.41. The number of carbonyl (C=O) groups excluding carboxylic acids is 1. The van der Waals surface area contributed by atoms with Gasteiger partial charge in [0, 0.05) is 6.07 Å². The van der Waals surface area contributed by atoms with Gasteiger partial charge in [-0.2, -0.15) is 0 Å². The van der Waals surface area contributed by atoms with E-state index in [1.54, 1.807) is 6.07 Å². The van der Waals surface area contributed by atoms with E-state index in [-0.39, 0.29) is 5.91 Å². The van der Waals surface area contributed by atoms with Gasteiger partial charge in [-0.25, -0.2) is 0 Å². The monoisotopic (exact) mass is 245 g/mol. The molecular weight excluding hydrogens is 230 g/mol. The predicted octanol–water partition coefficient (Wildman–Crippen LogP) is 0.861. The van der Waals surface area contributed by atoms with Crippen LogP contribution in [0.15, 0.2) is 47.2 Å². The molecule has 1 aromatic heterocycles. The highest BCUT2D eigenvalue weighted by Crippen LogP contribution is 2.02. The zero-order valence-corrected chi connectivity index (χ0v) is 9.87. The summed E-state index contributed by atoms with van der Waals surface area (Å²) < 4.78 is 4.67. The highest BCUT2D eigenvalue weighted by molar-refractivity contribution is 5.81. The van der Waals surface area contributed by atoms with Gasteiger partial charge in [0.05, 0.1) is 12.6 Å². The number of benzene rings is 1.